The molecule has 2 unspecified atom stereocenters. The van der Waals surface area contributed by atoms with E-state index < -0.39 is 0 Å². The minimum absolute atomic E-state index is 0.0132. The molecule has 1 aromatic carbocycles. The van der Waals surface area contributed by atoms with Gasteiger partial charge in [-0.3, -0.25) is 0 Å². The summed E-state index contributed by atoms with van der Waals surface area (Å²) in [7, 11) is 0. The van der Waals surface area contributed by atoms with E-state index in [9.17, 15) is 0 Å². The van der Waals surface area contributed by atoms with Crippen LogP contribution in [0.4, 0.5) is 0 Å². The number of benzene rings is 1. The van der Waals surface area contributed by atoms with E-state index in [0.717, 1.165) is 0 Å². The number of allylic oxidation sites excluding steroid dienone is 10. The van der Waals surface area contributed by atoms with Gasteiger partial charge in [0.05, 0.1) is 0 Å². The van der Waals surface area contributed by atoms with Crippen LogP contribution in [-0.2, 0) is 5.41 Å². The van der Waals surface area contributed by atoms with Crippen molar-refractivity contribution in [3.05, 3.63) is 94.6 Å². The molecule has 128 valence electrons. The zero-order valence-electron chi connectivity index (χ0n) is 15.5. The summed E-state index contributed by atoms with van der Waals surface area (Å²) in [6, 6.07) is 11.2. The summed E-state index contributed by atoms with van der Waals surface area (Å²) in [5.41, 5.74) is 7.59. The molecule has 0 aromatic heterocycles. The summed E-state index contributed by atoms with van der Waals surface area (Å²) >= 11 is 0. The van der Waals surface area contributed by atoms with Crippen LogP contribution in [0, 0.1) is 5.92 Å². The maximum atomic E-state index is 2.52. The highest BCUT2D eigenvalue weighted by atomic mass is 14.5. The largest absolute Gasteiger partial charge is 0.0871 e. The van der Waals surface area contributed by atoms with Crippen molar-refractivity contribution in [2.45, 2.75) is 51.4 Å². The van der Waals surface area contributed by atoms with Crippen molar-refractivity contribution in [2.24, 2.45) is 5.92 Å². The number of hydrogen-bond acceptors (Lipinski definition) is 0. The zero-order valence-corrected chi connectivity index (χ0v) is 15.5. The molecule has 2 atom stereocenters. The van der Waals surface area contributed by atoms with E-state index in [2.05, 4.69) is 80.6 Å². The van der Waals surface area contributed by atoms with Crippen LogP contribution in [0.1, 0.15) is 51.5 Å². The molecule has 0 saturated heterocycles. The first-order chi connectivity index (χ1) is 12.3. The molecule has 0 nitrogen and oxygen atoms in total. The highest BCUT2D eigenvalue weighted by molar-refractivity contribution is 5.66. The summed E-state index contributed by atoms with van der Waals surface area (Å²) in [5.74, 6) is 0.573. The molecular formula is C25H28. The summed E-state index contributed by atoms with van der Waals surface area (Å²) in [6.07, 6.45) is 20.5. The van der Waals surface area contributed by atoms with Crippen molar-refractivity contribution in [1.29, 1.82) is 0 Å². The number of fused-ring (bicyclic) bond motifs is 1. The molecule has 0 radical (unpaired) electrons. The first-order valence-electron chi connectivity index (χ1n) is 9.77. The molecule has 0 saturated carbocycles. The molecule has 0 aliphatic heterocycles. The molecule has 0 fully saturated rings. The fraction of sp³-hybridized carbons (Fsp3) is 0.360. The van der Waals surface area contributed by atoms with Crippen LogP contribution >= 0.6 is 0 Å². The lowest BCUT2D eigenvalue weighted by Gasteiger charge is -2.42. The molecule has 0 spiro atoms. The van der Waals surface area contributed by atoms with Crippen LogP contribution in [0.5, 0.6) is 0 Å². The molecule has 0 heterocycles. The molecule has 0 amide bonds. The molecule has 4 rings (SSSR count). The van der Waals surface area contributed by atoms with Crippen molar-refractivity contribution < 1.29 is 0 Å². The van der Waals surface area contributed by atoms with E-state index in [0.29, 0.717) is 5.92 Å². The molecule has 25 heavy (non-hydrogen) atoms. The Morgan fingerprint density at radius 1 is 1.04 bits per heavy atom. The van der Waals surface area contributed by atoms with Gasteiger partial charge in [0.15, 0.2) is 0 Å². The molecule has 1 aromatic rings. The monoisotopic (exact) mass is 328 g/mol. The van der Waals surface area contributed by atoms with Crippen LogP contribution < -0.4 is 0 Å². The van der Waals surface area contributed by atoms with Gasteiger partial charge in [-0.2, -0.15) is 0 Å². The van der Waals surface area contributed by atoms with Gasteiger partial charge in [0.2, 0.25) is 0 Å². The van der Waals surface area contributed by atoms with Crippen molar-refractivity contribution in [3.63, 3.8) is 0 Å². The Hall–Kier alpha value is -2.08. The second kappa shape index (κ2) is 6.67. The molecular weight excluding hydrogens is 300 g/mol. The van der Waals surface area contributed by atoms with Crippen LogP contribution in [-0.4, -0.2) is 0 Å². The van der Waals surface area contributed by atoms with Crippen molar-refractivity contribution >= 4 is 0 Å². The maximum absolute atomic E-state index is 2.52. The highest BCUT2D eigenvalue weighted by Gasteiger charge is 2.51. The van der Waals surface area contributed by atoms with Crippen LogP contribution in [0.3, 0.4) is 0 Å². The van der Waals surface area contributed by atoms with Crippen molar-refractivity contribution in [1.82, 2.24) is 0 Å². The van der Waals surface area contributed by atoms with Gasteiger partial charge < -0.3 is 0 Å². The van der Waals surface area contributed by atoms with E-state index in [1.54, 1.807) is 5.57 Å². The van der Waals surface area contributed by atoms with Crippen LogP contribution in [0.2, 0.25) is 0 Å². The number of hydrogen-bond donors (Lipinski definition) is 0. The predicted molar refractivity (Wildman–Crippen MR) is 108 cm³/mol. The Morgan fingerprint density at radius 3 is 2.60 bits per heavy atom. The second-order valence-corrected chi connectivity index (χ2v) is 7.49. The van der Waals surface area contributed by atoms with E-state index >= 15 is 0 Å². The van der Waals surface area contributed by atoms with Gasteiger partial charge in [-0.15, -0.1) is 0 Å². The summed E-state index contributed by atoms with van der Waals surface area (Å²) in [5, 5.41) is 0. The van der Waals surface area contributed by atoms with Gasteiger partial charge in [0, 0.05) is 11.3 Å². The van der Waals surface area contributed by atoms with Crippen LogP contribution in [0.15, 0.2) is 89.1 Å². The maximum Gasteiger partial charge on any atom is 0.0482 e. The Kier molecular flexibility index (Phi) is 4.37. The summed E-state index contributed by atoms with van der Waals surface area (Å²) in [4.78, 5) is 0. The molecule has 0 heteroatoms. The smallest absolute Gasteiger partial charge is 0.0482 e. The molecule has 3 aliphatic carbocycles. The van der Waals surface area contributed by atoms with E-state index in [1.807, 2.05) is 0 Å². The Balaban J connectivity index is 2.03. The summed E-state index contributed by atoms with van der Waals surface area (Å²) < 4.78 is 0. The molecule has 0 N–H and O–H groups in total. The molecule has 3 aliphatic rings. The highest BCUT2D eigenvalue weighted by Crippen LogP contribution is 2.59. The zero-order chi connectivity index (χ0) is 17.3. The normalized spacial score (nSPS) is 29.0. The first-order valence-corrected chi connectivity index (χ1v) is 9.77. The Labute approximate surface area is 152 Å². The van der Waals surface area contributed by atoms with E-state index in [-0.39, 0.29) is 5.41 Å². The minimum Gasteiger partial charge on any atom is -0.0871 e. The van der Waals surface area contributed by atoms with Crippen molar-refractivity contribution in [2.75, 3.05) is 0 Å². The summed E-state index contributed by atoms with van der Waals surface area (Å²) in [6.45, 7) is 4.52. The Morgan fingerprint density at radius 2 is 1.88 bits per heavy atom. The first kappa shape index (κ1) is 16.4. The lowest BCUT2D eigenvalue weighted by molar-refractivity contribution is 0.395. The third kappa shape index (κ3) is 2.42. The number of rotatable bonds is 3. The van der Waals surface area contributed by atoms with Gasteiger partial charge in [-0.05, 0) is 68.2 Å². The van der Waals surface area contributed by atoms with Gasteiger partial charge >= 0.3 is 0 Å². The van der Waals surface area contributed by atoms with E-state index in [4.69, 9.17) is 0 Å². The van der Waals surface area contributed by atoms with E-state index in [1.165, 1.54) is 54.4 Å². The molecule has 0 bridgehead atoms. The standard InChI is InChI=1S/C25H28/c1-3-12-22-19(2)25(20-13-6-4-7-14-20,21-15-8-5-9-16-21)24-18-11-10-17-23(22)24/h3-4,6-8,12-17,24H,5,9-11,18H2,1-2H3/b12-3-. The lowest BCUT2D eigenvalue weighted by atomic mass is 9.60. The third-order valence-corrected chi connectivity index (χ3v) is 6.28. The van der Waals surface area contributed by atoms with Crippen molar-refractivity contribution in [3.8, 4) is 0 Å². The predicted octanol–water partition coefficient (Wildman–Crippen LogP) is 6.83. The quantitative estimate of drug-likeness (QED) is 0.570. The van der Waals surface area contributed by atoms with Gasteiger partial charge in [0.25, 0.3) is 0 Å². The Bertz CT molecular complexity index is 798. The minimum atomic E-state index is 0.0132. The van der Waals surface area contributed by atoms with Crippen LogP contribution in [0.25, 0.3) is 0 Å². The fourth-order valence-electron chi connectivity index (χ4n) is 5.31. The van der Waals surface area contributed by atoms with Gasteiger partial charge in [0.1, 0.15) is 0 Å². The van der Waals surface area contributed by atoms with Gasteiger partial charge in [-0.1, -0.05) is 72.4 Å². The second-order valence-electron chi connectivity index (χ2n) is 7.49. The SMILES string of the molecule is C/C=C\C1=C(C)C(C2=CCCC=C2)(c2ccccc2)C2CCCC=C12. The fourth-order valence-corrected chi connectivity index (χ4v) is 5.31. The van der Waals surface area contributed by atoms with Gasteiger partial charge in [-0.25, -0.2) is 0 Å². The third-order valence-electron chi connectivity index (χ3n) is 6.28. The lowest BCUT2D eigenvalue weighted by Crippen LogP contribution is -2.36. The average Bonchev–Trinajstić information content (AvgIpc) is 2.93. The average molecular weight is 328 g/mol. The topological polar surface area (TPSA) is 0 Å².